The van der Waals surface area contributed by atoms with E-state index >= 15 is 0 Å². The molecule has 5 rings (SSSR count). The van der Waals surface area contributed by atoms with E-state index in [9.17, 15) is 13.2 Å². The zero-order chi connectivity index (χ0) is 26.4. The Bertz CT molecular complexity index is 1520. The Morgan fingerprint density at radius 3 is 2.72 bits per heavy atom. The summed E-state index contributed by atoms with van der Waals surface area (Å²) in [5.41, 5.74) is 2.65. The van der Waals surface area contributed by atoms with Gasteiger partial charge in [0, 0.05) is 49.9 Å². The number of nitrogens with zero attached hydrogens (tertiary/aromatic N) is 6. The van der Waals surface area contributed by atoms with Crippen molar-refractivity contribution in [2.75, 3.05) is 55.7 Å². The van der Waals surface area contributed by atoms with Gasteiger partial charge in [-0.05, 0) is 31.2 Å². The third-order valence-electron chi connectivity index (χ3n) is 6.23. The summed E-state index contributed by atoms with van der Waals surface area (Å²) >= 11 is 0. The molecule has 3 aromatic rings. The summed E-state index contributed by atoms with van der Waals surface area (Å²) in [5.74, 6) is 0.801. The highest BCUT2D eigenvalue weighted by atomic mass is 32.2. The van der Waals surface area contributed by atoms with E-state index in [4.69, 9.17) is 11.1 Å². The number of pyridine rings is 2. The second-order valence-corrected chi connectivity index (χ2v) is 11.2. The number of rotatable bonds is 8. The molecule has 11 nitrogen and oxygen atoms in total. The summed E-state index contributed by atoms with van der Waals surface area (Å²) in [6, 6.07) is 5.14. The Morgan fingerprint density at radius 2 is 2.03 bits per heavy atom. The van der Waals surface area contributed by atoms with Gasteiger partial charge in [-0.1, -0.05) is 6.08 Å². The maximum Gasteiger partial charge on any atom is 0.238 e. The van der Waals surface area contributed by atoms with Crippen LogP contribution in [0, 0.1) is 5.41 Å². The van der Waals surface area contributed by atoms with Gasteiger partial charge in [-0.15, -0.1) is 0 Å². The van der Waals surface area contributed by atoms with Gasteiger partial charge < -0.3 is 9.64 Å². The molecule has 1 N–H and O–H groups in total. The molecule has 12 heteroatoms. The number of nitrogens with one attached hydrogen (secondary N) is 1. The van der Waals surface area contributed by atoms with E-state index in [0.717, 1.165) is 39.0 Å². The van der Waals surface area contributed by atoms with E-state index in [-0.39, 0.29) is 29.1 Å². The van der Waals surface area contributed by atoms with Crippen LogP contribution in [0.25, 0.3) is 22.3 Å². The van der Waals surface area contributed by atoms with Crippen molar-refractivity contribution in [1.82, 2.24) is 24.8 Å². The number of ketones is 1. The lowest BCUT2D eigenvalue weighted by molar-refractivity contribution is -0.112. The number of carbonyl (C=O) groups is 1. The summed E-state index contributed by atoms with van der Waals surface area (Å²) in [5, 5.41) is 0. The van der Waals surface area contributed by atoms with E-state index in [1.54, 1.807) is 37.4 Å². The van der Waals surface area contributed by atoms with E-state index in [1.165, 1.54) is 7.11 Å². The Labute approximate surface area is 210 Å². The van der Waals surface area contributed by atoms with Crippen molar-refractivity contribution >= 4 is 38.3 Å². The highest BCUT2D eigenvalue weighted by molar-refractivity contribution is 7.92. The third-order valence-corrected chi connectivity index (χ3v) is 6.82. The largest absolute Gasteiger partial charge is 0.480 e. The molecule has 0 atom stereocenters. The molecule has 0 aliphatic carbocycles. The maximum absolute atomic E-state index is 11.8. The quantitative estimate of drug-likeness (QED) is 0.447. The van der Waals surface area contributed by atoms with Crippen molar-refractivity contribution in [2.24, 2.45) is 5.41 Å². The first-order valence-electron chi connectivity index (χ1n) is 11.9. The fourth-order valence-electron chi connectivity index (χ4n) is 4.81. The van der Waals surface area contributed by atoms with Crippen molar-refractivity contribution < 1.29 is 19.3 Å². The third kappa shape index (κ3) is 4.86. The molecule has 188 valence electrons. The van der Waals surface area contributed by atoms with Crippen LogP contribution in [-0.2, 0) is 14.8 Å². The van der Waals surface area contributed by atoms with Crippen LogP contribution in [0.2, 0.25) is 0 Å². The average Bonchev–Trinajstić information content (AvgIpc) is 2.77. The smallest absolute Gasteiger partial charge is 0.238 e. The maximum atomic E-state index is 11.8. The van der Waals surface area contributed by atoms with Crippen LogP contribution in [0.4, 0.5) is 11.5 Å². The van der Waals surface area contributed by atoms with Crippen molar-refractivity contribution in [2.45, 2.75) is 6.92 Å². The van der Waals surface area contributed by atoms with Crippen molar-refractivity contribution in [3.63, 3.8) is 0 Å². The lowest BCUT2D eigenvalue weighted by atomic mass is 9.73. The number of allylic oxidation sites excluding steroid dienone is 1. The Balaban J connectivity index is 1.39. The number of fused-ring (bicyclic) bond motifs is 1. The lowest BCUT2D eigenvalue weighted by Gasteiger charge is -2.60. The Hall–Kier alpha value is -3.64. The van der Waals surface area contributed by atoms with Crippen molar-refractivity contribution in [1.29, 1.82) is 0 Å². The number of aromatic nitrogens is 4. The van der Waals surface area contributed by atoms with Gasteiger partial charge in [0.15, 0.2) is 11.6 Å². The molecule has 2 saturated heterocycles. The number of sulfonamides is 1. The molecule has 0 unspecified atom stereocenters. The molecular formula is C24H27N7O4S. The van der Waals surface area contributed by atoms with Gasteiger partial charge in [-0.2, -0.15) is 0 Å². The molecule has 1 spiro atoms. The van der Waals surface area contributed by atoms with Gasteiger partial charge in [-0.25, -0.2) is 28.4 Å². The fourth-order valence-corrected chi connectivity index (χ4v) is 5.35. The van der Waals surface area contributed by atoms with Crippen LogP contribution in [0.3, 0.4) is 0 Å². The molecular weight excluding hydrogens is 482 g/mol. The van der Waals surface area contributed by atoms with Crippen LogP contribution in [-0.4, -0.2) is 85.1 Å². The zero-order valence-corrected chi connectivity index (χ0v) is 21.0. The molecule has 2 aliphatic heterocycles. The molecule has 0 saturated carbocycles. The van der Waals surface area contributed by atoms with Crippen molar-refractivity contribution in [3.8, 4) is 17.1 Å². The first-order chi connectivity index (χ1) is 17.5. The van der Waals surface area contributed by atoms with Crippen LogP contribution in [0.15, 0.2) is 42.9 Å². The SMILES string of the molecule is [2H]c1nc(N2CC3(CN(C/C=C/C(C)=O)C3)C2)c2nc(-c3cnc(OC)c(NS(C)(=O)=O)c3)ccc2n1. The van der Waals surface area contributed by atoms with Gasteiger partial charge in [0.2, 0.25) is 15.9 Å². The van der Waals surface area contributed by atoms with Crippen LogP contribution in [0.1, 0.15) is 8.29 Å². The number of hydrogen-bond donors (Lipinski definition) is 1. The van der Waals surface area contributed by atoms with E-state index in [2.05, 4.69) is 29.5 Å². The minimum absolute atomic E-state index is 0.0482. The minimum atomic E-state index is -3.54. The van der Waals surface area contributed by atoms with Gasteiger partial charge >= 0.3 is 0 Å². The number of carbonyl (C=O) groups excluding carboxylic acids is 1. The van der Waals surface area contributed by atoms with Gasteiger partial charge in [-0.3, -0.25) is 14.4 Å². The Kier molecular flexibility index (Phi) is 5.76. The summed E-state index contributed by atoms with van der Waals surface area (Å²) in [4.78, 5) is 33.1. The predicted octanol–water partition coefficient (Wildman–Crippen LogP) is 1.73. The van der Waals surface area contributed by atoms with E-state index in [1.807, 2.05) is 6.08 Å². The summed E-state index contributed by atoms with van der Waals surface area (Å²) < 4.78 is 39.3. The molecule has 2 fully saturated rings. The summed E-state index contributed by atoms with van der Waals surface area (Å²) in [7, 11) is -2.13. The summed E-state index contributed by atoms with van der Waals surface area (Å²) in [6.45, 7) is 5.77. The fraction of sp³-hybridized carbons (Fsp3) is 0.375. The molecule has 5 heterocycles. The average molecular weight is 511 g/mol. The highest BCUT2D eigenvalue weighted by Crippen LogP contribution is 2.42. The Morgan fingerprint density at radius 1 is 1.25 bits per heavy atom. The molecule has 2 aliphatic rings. The van der Waals surface area contributed by atoms with Crippen LogP contribution < -0.4 is 14.4 Å². The topological polar surface area (TPSA) is 131 Å². The van der Waals surface area contributed by atoms with Crippen LogP contribution >= 0.6 is 0 Å². The first-order valence-corrected chi connectivity index (χ1v) is 13.3. The predicted molar refractivity (Wildman–Crippen MR) is 136 cm³/mol. The van der Waals surface area contributed by atoms with Gasteiger partial charge in [0.05, 0.1) is 24.6 Å². The normalized spacial score (nSPS) is 17.6. The number of ether oxygens (including phenoxy) is 1. The molecule has 3 aromatic heterocycles. The standard InChI is InChI=1S/C24H27N7O4S/c1-16(32)5-4-8-30-11-24(12-30)13-31(14-24)22-21-19(26-15-27-22)7-6-18(28-21)17-9-20(29-36(3,33)34)23(35-2)25-10-17/h4-7,9-10,15,29H,8,11-14H2,1-3H3/b5-4+/i15D. The molecule has 36 heavy (non-hydrogen) atoms. The molecule has 0 bridgehead atoms. The summed E-state index contributed by atoms with van der Waals surface area (Å²) in [6.07, 6.45) is 6.03. The second-order valence-electron chi connectivity index (χ2n) is 9.41. The lowest BCUT2D eigenvalue weighted by Crippen LogP contribution is -2.72. The van der Waals surface area contributed by atoms with Gasteiger partial charge in [0.1, 0.15) is 18.9 Å². The van der Waals surface area contributed by atoms with E-state index in [0.29, 0.717) is 28.1 Å². The number of anilines is 2. The highest BCUT2D eigenvalue weighted by Gasteiger charge is 2.52. The van der Waals surface area contributed by atoms with Gasteiger partial charge in [0.25, 0.3) is 0 Å². The minimum Gasteiger partial charge on any atom is -0.480 e. The first kappa shape index (κ1) is 22.8. The monoisotopic (exact) mass is 510 g/mol. The molecule has 0 aromatic carbocycles. The number of likely N-dealkylation sites (tertiary alicyclic amines) is 1. The number of hydrogen-bond acceptors (Lipinski definition) is 10. The zero-order valence-electron chi connectivity index (χ0n) is 21.2. The second kappa shape index (κ2) is 9.10. The van der Waals surface area contributed by atoms with E-state index < -0.39 is 10.0 Å². The number of methoxy groups -OCH3 is 1. The molecule has 0 radical (unpaired) electrons. The molecule has 0 amide bonds. The van der Waals surface area contributed by atoms with Crippen LogP contribution in [0.5, 0.6) is 5.88 Å². The van der Waals surface area contributed by atoms with Crippen molar-refractivity contribution in [3.05, 3.63) is 42.9 Å².